The van der Waals surface area contributed by atoms with Gasteiger partial charge in [0.1, 0.15) is 11.3 Å². The number of piperidine rings is 1. The fourth-order valence-corrected chi connectivity index (χ4v) is 4.90. The van der Waals surface area contributed by atoms with Crippen LogP contribution in [0.1, 0.15) is 67.6 Å². The Labute approximate surface area is 196 Å². The number of nitrogens with zero attached hydrogens (tertiary/aromatic N) is 3. The van der Waals surface area contributed by atoms with Gasteiger partial charge in [0.15, 0.2) is 0 Å². The summed E-state index contributed by atoms with van der Waals surface area (Å²) in [4.78, 5) is 26.3. The predicted octanol–water partition coefficient (Wildman–Crippen LogP) is 4.23. The van der Waals surface area contributed by atoms with Gasteiger partial charge in [-0.1, -0.05) is 0 Å². The lowest BCUT2D eigenvalue weighted by Crippen LogP contribution is -2.50. The van der Waals surface area contributed by atoms with Crippen molar-refractivity contribution < 1.29 is 18.0 Å². The van der Waals surface area contributed by atoms with E-state index < -0.39 is 11.7 Å². The van der Waals surface area contributed by atoms with E-state index in [-0.39, 0.29) is 29.1 Å². The number of nitrogens with one attached hydrogen (secondary N) is 3. The molecule has 10 heteroatoms. The highest BCUT2D eigenvalue weighted by Crippen LogP contribution is 2.39. The van der Waals surface area contributed by atoms with Crippen LogP contribution in [0.15, 0.2) is 12.4 Å². The fourth-order valence-electron chi connectivity index (χ4n) is 4.90. The van der Waals surface area contributed by atoms with Gasteiger partial charge in [-0.05, 0) is 63.9 Å². The van der Waals surface area contributed by atoms with E-state index in [4.69, 9.17) is 0 Å². The first-order valence-corrected chi connectivity index (χ1v) is 12.1. The Kier molecular flexibility index (Phi) is 5.82. The highest BCUT2D eigenvalue weighted by molar-refractivity contribution is 5.96. The first-order valence-electron chi connectivity index (χ1n) is 12.1. The molecule has 2 fully saturated rings. The normalized spacial score (nSPS) is 22.9. The minimum atomic E-state index is -4.61. The monoisotopic (exact) mass is 476 g/mol. The second-order valence-electron chi connectivity index (χ2n) is 10.5. The van der Waals surface area contributed by atoms with Gasteiger partial charge in [-0.25, -0.2) is 9.97 Å². The maximum atomic E-state index is 13.9. The zero-order valence-corrected chi connectivity index (χ0v) is 19.6. The van der Waals surface area contributed by atoms with E-state index in [1.165, 1.54) is 6.20 Å². The number of hydrogen-bond donors (Lipinski definition) is 3. The van der Waals surface area contributed by atoms with Crippen LogP contribution in [-0.4, -0.2) is 57.0 Å². The van der Waals surface area contributed by atoms with E-state index in [1.807, 2.05) is 4.90 Å². The first kappa shape index (κ1) is 23.1. The molecular weight excluding hydrogens is 445 g/mol. The molecule has 1 saturated carbocycles. The summed E-state index contributed by atoms with van der Waals surface area (Å²) in [6, 6.07) is 0.0264. The van der Waals surface area contributed by atoms with Crippen LogP contribution in [0.3, 0.4) is 0 Å². The van der Waals surface area contributed by atoms with Gasteiger partial charge in [-0.15, -0.1) is 0 Å². The summed E-state index contributed by atoms with van der Waals surface area (Å²) in [5.41, 5.74) is 0.279. The van der Waals surface area contributed by atoms with E-state index >= 15 is 0 Å². The third-order valence-electron chi connectivity index (χ3n) is 7.15. The number of aromatic amines is 1. The average molecular weight is 477 g/mol. The number of carbonyl (C=O) groups is 1. The van der Waals surface area contributed by atoms with Gasteiger partial charge in [-0.2, -0.15) is 13.2 Å². The van der Waals surface area contributed by atoms with Crippen molar-refractivity contribution in [2.24, 2.45) is 5.92 Å². The van der Waals surface area contributed by atoms with Gasteiger partial charge in [0.2, 0.25) is 5.95 Å². The van der Waals surface area contributed by atoms with Crippen molar-refractivity contribution in [1.82, 2.24) is 25.2 Å². The summed E-state index contributed by atoms with van der Waals surface area (Å²) >= 11 is 0. The van der Waals surface area contributed by atoms with Gasteiger partial charge in [0.05, 0.1) is 5.69 Å². The molecule has 0 aromatic carbocycles. The summed E-state index contributed by atoms with van der Waals surface area (Å²) in [5, 5.41) is 6.63. The summed E-state index contributed by atoms with van der Waals surface area (Å²) < 4.78 is 41.8. The molecule has 3 N–H and O–H groups in total. The van der Waals surface area contributed by atoms with E-state index in [0.717, 1.165) is 31.9 Å². The highest BCUT2D eigenvalue weighted by atomic mass is 19.4. The maximum Gasteiger partial charge on any atom is 0.419 e. The summed E-state index contributed by atoms with van der Waals surface area (Å²) in [6.07, 6.45) is 3.02. The lowest BCUT2D eigenvalue weighted by molar-refractivity contribution is -0.137. The fraction of sp³-hybridized carbons (Fsp3) is 0.625. The number of anilines is 1. The Bertz CT molecular complexity index is 1070. The van der Waals surface area contributed by atoms with Crippen LogP contribution in [0, 0.1) is 5.92 Å². The van der Waals surface area contributed by atoms with Crippen LogP contribution in [0.25, 0.3) is 11.3 Å². The van der Waals surface area contributed by atoms with E-state index in [9.17, 15) is 18.0 Å². The molecule has 1 atom stereocenters. The summed E-state index contributed by atoms with van der Waals surface area (Å²) in [7, 11) is 0. The minimum absolute atomic E-state index is 0.0264. The number of aromatic nitrogens is 3. The van der Waals surface area contributed by atoms with Crippen molar-refractivity contribution in [3.8, 4) is 11.3 Å². The van der Waals surface area contributed by atoms with Gasteiger partial charge in [-0.3, -0.25) is 4.79 Å². The van der Waals surface area contributed by atoms with Crippen molar-refractivity contribution in [3.63, 3.8) is 0 Å². The molecule has 184 valence electrons. The van der Waals surface area contributed by atoms with Crippen LogP contribution in [0.5, 0.6) is 0 Å². The molecular formula is C24H31F3N6O. The maximum absolute atomic E-state index is 13.9. The van der Waals surface area contributed by atoms with Gasteiger partial charge in [0, 0.05) is 49.2 Å². The minimum Gasteiger partial charge on any atom is -0.356 e. The lowest BCUT2D eigenvalue weighted by atomic mass is 9.91. The van der Waals surface area contributed by atoms with Crippen molar-refractivity contribution in [2.45, 2.75) is 70.1 Å². The number of amides is 1. The summed E-state index contributed by atoms with van der Waals surface area (Å²) in [5.74, 6) is 0.578. The third-order valence-corrected chi connectivity index (χ3v) is 7.15. The second-order valence-corrected chi connectivity index (χ2v) is 10.5. The third kappa shape index (κ3) is 4.78. The van der Waals surface area contributed by atoms with Crippen LogP contribution < -0.4 is 10.6 Å². The number of hydrogen-bond acceptors (Lipinski definition) is 5. The SMILES string of the molecule is CC1(C)CC[C@H](Nc2ncc(C(F)(F)F)c(-c3c[nH]c4c3CCCN(CC3CC3)C4=O)n2)CN1. The molecule has 3 aliphatic rings. The molecule has 0 bridgehead atoms. The zero-order valence-electron chi connectivity index (χ0n) is 19.6. The number of halogens is 3. The number of rotatable bonds is 5. The molecule has 0 spiro atoms. The molecule has 1 amide bonds. The number of carbonyl (C=O) groups excluding carboxylic acids is 1. The number of H-pyrrole nitrogens is 1. The summed E-state index contributed by atoms with van der Waals surface area (Å²) in [6.45, 7) is 6.26. The Hall–Kier alpha value is -2.62. The van der Waals surface area contributed by atoms with E-state index in [2.05, 4.69) is 39.4 Å². The van der Waals surface area contributed by atoms with Gasteiger partial charge < -0.3 is 20.5 Å². The molecule has 34 heavy (non-hydrogen) atoms. The Morgan fingerprint density at radius 3 is 2.74 bits per heavy atom. The molecule has 2 aromatic heterocycles. The largest absolute Gasteiger partial charge is 0.419 e. The van der Waals surface area contributed by atoms with Crippen molar-refractivity contribution in [1.29, 1.82) is 0 Å². The van der Waals surface area contributed by atoms with Crippen molar-refractivity contribution in [2.75, 3.05) is 25.0 Å². The van der Waals surface area contributed by atoms with Crippen molar-refractivity contribution in [3.05, 3.63) is 29.2 Å². The van der Waals surface area contributed by atoms with Crippen LogP contribution in [-0.2, 0) is 12.6 Å². The van der Waals surface area contributed by atoms with Crippen LogP contribution >= 0.6 is 0 Å². The molecule has 0 radical (unpaired) electrons. The Morgan fingerprint density at radius 2 is 2.06 bits per heavy atom. The molecule has 1 aliphatic carbocycles. The first-order chi connectivity index (χ1) is 16.1. The Morgan fingerprint density at radius 1 is 1.26 bits per heavy atom. The number of fused-ring (bicyclic) bond motifs is 1. The Balaban J connectivity index is 1.46. The molecule has 0 unspecified atom stereocenters. The van der Waals surface area contributed by atoms with Gasteiger partial charge >= 0.3 is 6.18 Å². The molecule has 2 aliphatic heterocycles. The molecule has 2 aromatic rings. The highest BCUT2D eigenvalue weighted by Gasteiger charge is 2.38. The van der Waals surface area contributed by atoms with E-state index in [1.54, 1.807) is 0 Å². The lowest BCUT2D eigenvalue weighted by Gasteiger charge is -2.36. The van der Waals surface area contributed by atoms with Crippen LogP contribution in [0.4, 0.5) is 19.1 Å². The van der Waals surface area contributed by atoms with Crippen LogP contribution in [0.2, 0.25) is 0 Å². The van der Waals surface area contributed by atoms with Gasteiger partial charge in [0.25, 0.3) is 5.91 Å². The zero-order chi connectivity index (χ0) is 24.1. The molecule has 1 saturated heterocycles. The molecule has 5 rings (SSSR count). The van der Waals surface area contributed by atoms with E-state index in [0.29, 0.717) is 55.2 Å². The predicted molar refractivity (Wildman–Crippen MR) is 122 cm³/mol. The average Bonchev–Trinajstić information content (AvgIpc) is 3.52. The standard InChI is InChI=1S/C24H31F3N6O/c1-23(2)8-7-15(10-30-23)31-22-29-12-18(24(25,26)27)19(32-22)17-11-28-20-16(17)4-3-9-33(21(20)34)13-14-5-6-14/h11-12,14-15,28,30H,3-10,13H2,1-2H3,(H,29,31,32)/t15-/m0/s1. The quantitative estimate of drug-likeness (QED) is 0.601. The molecule has 4 heterocycles. The molecule has 7 nitrogen and oxygen atoms in total. The second kappa shape index (κ2) is 8.55. The number of alkyl halides is 3. The van der Waals surface area contributed by atoms with Crippen molar-refractivity contribution >= 4 is 11.9 Å². The topological polar surface area (TPSA) is 85.9 Å². The smallest absolute Gasteiger partial charge is 0.356 e.